The van der Waals surface area contributed by atoms with Crippen LogP contribution in [0.3, 0.4) is 0 Å². The summed E-state index contributed by atoms with van der Waals surface area (Å²) in [5.74, 6) is -8.72. The summed E-state index contributed by atoms with van der Waals surface area (Å²) in [5, 5.41) is 0. The SMILES string of the molecule is C[O+]=C1C(F)=C(F)C1(F)F. The largest absolute Gasteiger partial charge is 0.433 e. The summed E-state index contributed by atoms with van der Waals surface area (Å²) >= 11 is 0. The van der Waals surface area contributed by atoms with Crippen LogP contribution in [0.1, 0.15) is 0 Å². The highest BCUT2D eigenvalue weighted by Crippen LogP contribution is 2.41. The van der Waals surface area contributed by atoms with Gasteiger partial charge in [-0.1, -0.05) is 0 Å². The zero-order valence-electron chi connectivity index (χ0n) is 4.92. The van der Waals surface area contributed by atoms with Crippen LogP contribution in [0.25, 0.3) is 0 Å². The molecule has 1 aliphatic rings. The molecule has 0 saturated carbocycles. The molecule has 0 fully saturated rings. The van der Waals surface area contributed by atoms with E-state index in [9.17, 15) is 17.6 Å². The van der Waals surface area contributed by atoms with E-state index < -0.39 is 23.4 Å². The molecule has 0 aromatic rings. The van der Waals surface area contributed by atoms with Gasteiger partial charge < -0.3 is 0 Å². The fourth-order valence-electron chi connectivity index (χ4n) is 0.630. The van der Waals surface area contributed by atoms with Crippen molar-refractivity contribution in [2.45, 2.75) is 5.92 Å². The average molecular weight is 155 g/mol. The number of alkyl halides is 2. The van der Waals surface area contributed by atoms with Crippen molar-refractivity contribution in [3.05, 3.63) is 11.7 Å². The Kier molecular flexibility index (Phi) is 1.31. The number of allylic oxidation sites excluding steroid dienone is 2. The van der Waals surface area contributed by atoms with E-state index in [1.165, 1.54) is 0 Å². The van der Waals surface area contributed by atoms with Crippen molar-refractivity contribution in [3.8, 4) is 0 Å². The summed E-state index contributed by atoms with van der Waals surface area (Å²) in [5.41, 5.74) is 0. The minimum atomic E-state index is -3.85. The number of rotatable bonds is 0. The first kappa shape index (κ1) is 7.24. The van der Waals surface area contributed by atoms with Crippen molar-refractivity contribution in [1.29, 1.82) is 0 Å². The van der Waals surface area contributed by atoms with Crippen molar-refractivity contribution in [2.24, 2.45) is 0 Å². The maximum atomic E-state index is 12.0. The molecule has 10 heavy (non-hydrogen) atoms. The molecule has 0 amide bonds. The second kappa shape index (κ2) is 1.81. The molecule has 0 spiro atoms. The number of halogens is 4. The van der Waals surface area contributed by atoms with Crippen molar-refractivity contribution in [1.82, 2.24) is 0 Å². The van der Waals surface area contributed by atoms with Crippen molar-refractivity contribution < 1.29 is 22.0 Å². The number of hydrogen-bond acceptors (Lipinski definition) is 0. The molecule has 0 aromatic carbocycles. The fourth-order valence-corrected chi connectivity index (χ4v) is 0.630. The van der Waals surface area contributed by atoms with Gasteiger partial charge in [0.05, 0.1) is 0 Å². The van der Waals surface area contributed by atoms with Crippen LogP contribution in [0.15, 0.2) is 11.7 Å². The normalized spacial score (nSPS) is 27.1. The van der Waals surface area contributed by atoms with E-state index in [0.29, 0.717) is 0 Å². The standard InChI is InChI=1S/C5H3F4O/c1-10-4-2(6)3(7)5(4,8)9/h1H3/q+1. The lowest BCUT2D eigenvalue weighted by molar-refractivity contribution is -0.428. The second-order valence-electron chi connectivity index (χ2n) is 1.74. The Balaban J connectivity index is 3.09. The highest BCUT2D eigenvalue weighted by Gasteiger charge is 2.65. The van der Waals surface area contributed by atoms with E-state index in [1.54, 1.807) is 0 Å². The molecule has 0 heterocycles. The van der Waals surface area contributed by atoms with Crippen LogP contribution in [-0.2, 0) is 4.42 Å². The van der Waals surface area contributed by atoms with Gasteiger partial charge in [-0.05, 0) is 0 Å². The van der Waals surface area contributed by atoms with Crippen LogP contribution < -0.4 is 0 Å². The van der Waals surface area contributed by atoms with Crippen molar-refractivity contribution in [3.63, 3.8) is 0 Å². The maximum Gasteiger partial charge on any atom is 0.433 e. The molecule has 0 saturated heterocycles. The lowest BCUT2D eigenvalue weighted by Gasteiger charge is -2.15. The summed E-state index contributed by atoms with van der Waals surface area (Å²) in [4.78, 5) is 0. The molecule has 0 radical (unpaired) electrons. The van der Waals surface area contributed by atoms with Gasteiger partial charge in [0.25, 0.3) is 12.9 Å². The molecule has 0 unspecified atom stereocenters. The minimum absolute atomic E-state index is 0.856. The molecular weight excluding hydrogens is 152 g/mol. The predicted molar refractivity (Wildman–Crippen MR) is 25.1 cm³/mol. The average Bonchev–Trinajstić information content (AvgIpc) is 1.88. The second-order valence-corrected chi connectivity index (χ2v) is 1.74. The quantitative estimate of drug-likeness (QED) is 0.371. The van der Waals surface area contributed by atoms with Gasteiger partial charge in [-0.3, -0.25) is 4.42 Å². The molecular formula is C5H3F4O+. The molecule has 1 aliphatic carbocycles. The summed E-state index contributed by atoms with van der Waals surface area (Å²) in [6.45, 7) is 0. The van der Waals surface area contributed by atoms with Gasteiger partial charge in [0, 0.05) is 0 Å². The van der Waals surface area contributed by atoms with Crippen LogP contribution in [-0.4, -0.2) is 18.8 Å². The highest BCUT2D eigenvalue weighted by atomic mass is 19.3. The van der Waals surface area contributed by atoms with Gasteiger partial charge >= 0.3 is 11.7 Å². The Bertz CT molecular complexity index is 228. The number of carbonyl (C=O) groups excluding carboxylic acids is 1. The van der Waals surface area contributed by atoms with Gasteiger partial charge in [0.15, 0.2) is 0 Å². The molecule has 0 atom stereocenters. The minimum Gasteiger partial charge on any atom is -0.252 e. The molecule has 0 aromatic heterocycles. The summed E-state index contributed by atoms with van der Waals surface area (Å²) in [7, 11) is 0.856. The van der Waals surface area contributed by atoms with Gasteiger partial charge in [-0.15, -0.1) is 0 Å². The molecule has 1 rings (SSSR count). The van der Waals surface area contributed by atoms with Gasteiger partial charge in [0.1, 0.15) is 0 Å². The van der Waals surface area contributed by atoms with E-state index in [-0.39, 0.29) is 0 Å². The van der Waals surface area contributed by atoms with Gasteiger partial charge in [0.2, 0.25) is 5.83 Å². The van der Waals surface area contributed by atoms with E-state index in [4.69, 9.17) is 0 Å². The molecule has 0 N–H and O–H groups in total. The Morgan fingerprint density at radius 3 is 2.00 bits per heavy atom. The fraction of sp³-hybridized carbons (Fsp3) is 0.400. The van der Waals surface area contributed by atoms with E-state index >= 15 is 0 Å². The Hall–Kier alpha value is -0.870. The lowest BCUT2D eigenvalue weighted by atomic mass is 10.0. The summed E-state index contributed by atoms with van der Waals surface area (Å²) in [6.07, 6.45) is 0. The van der Waals surface area contributed by atoms with Gasteiger partial charge in [-0.25, -0.2) is 4.39 Å². The molecule has 0 bridgehead atoms. The van der Waals surface area contributed by atoms with Gasteiger partial charge in [-0.2, -0.15) is 13.2 Å². The molecule has 56 valence electrons. The molecule has 0 aliphatic heterocycles. The van der Waals surface area contributed by atoms with Crippen molar-refractivity contribution >= 4 is 5.78 Å². The van der Waals surface area contributed by atoms with E-state index in [1.807, 2.05) is 0 Å². The maximum absolute atomic E-state index is 12.0. The Labute approximate surface area is 53.6 Å². The first-order chi connectivity index (χ1) is 4.51. The number of hydrogen-bond donors (Lipinski definition) is 0. The van der Waals surface area contributed by atoms with Crippen LogP contribution in [0.2, 0.25) is 0 Å². The Morgan fingerprint density at radius 2 is 1.80 bits per heavy atom. The highest BCUT2D eigenvalue weighted by molar-refractivity contribution is 6.08. The first-order valence-corrected chi connectivity index (χ1v) is 2.37. The van der Waals surface area contributed by atoms with E-state index in [0.717, 1.165) is 7.11 Å². The lowest BCUT2D eigenvalue weighted by Crippen LogP contribution is -2.41. The monoisotopic (exact) mass is 155 g/mol. The Morgan fingerprint density at radius 1 is 1.30 bits per heavy atom. The van der Waals surface area contributed by atoms with Crippen molar-refractivity contribution in [2.75, 3.05) is 7.11 Å². The zero-order valence-corrected chi connectivity index (χ0v) is 4.92. The molecule has 1 nitrogen and oxygen atoms in total. The van der Waals surface area contributed by atoms with Crippen LogP contribution in [0.4, 0.5) is 17.6 Å². The van der Waals surface area contributed by atoms with Crippen LogP contribution in [0.5, 0.6) is 0 Å². The van der Waals surface area contributed by atoms with Crippen LogP contribution in [0, 0.1) is 0 Å². The smallest absolute Gasteiger partial charge is 0.252 e. The third kappa shape index (κ3) is 0.600. The summed E-state index contributed by atoms with van der Waals surface area (Å²) < 4.78 is 51.6. The predicted octanol–water partition coefficient (Wildman–Crippen LogP) is 1.52. The zero-order chi connectivity index (χ0) is 7.94. The summed E-state index contributed by atoms with van der Waals surface area (Å²) in [6, 6.07) is 0. The molecule has 5 heteroatoms. The number of ketones is 1. The third-order valence-electron chi connectivity index (χ3n) is 1.16. The van der Waals surface area contributed by atoms with Crippen LogP contribution >= 0.6 is 0 Å². The van der Waals surface area contributed by atoms with E-state index in [2.05, 4.69) is 4.42 Å². The first-order valence-electron chi connectivity index (χ1n) is 2.37. The third-order valence-corrected chi connectivity index (χ3v) is 1.16. The topological polar surface area (TPSA) is 11.3 Å².